The van der Waals surface area contributed by atoms with Gasteiger partial charge in [0, 0.05) is 17.8 Å². The molecular weight excluding hydrogens is 174 g/mol. The second kappa shape index (κ2) is 4.71. The van der Waals surface area contributed by atoms with Crippen molar-refractivity contribution >= 4 is 5.84 Å². The molecule has 0 saturated heterocycles. The number of aliphatic imine (C=N–C) groups is 1. The van der Waals surface area contributed by atoms with Crippen LogP contribution < -0.4 is 11.1 Å². The molecule has 0 bridgehead atoms. The zero-order chi connectivity index (χ0) is 10.6. The monoisotopic (exact) mass is 191 g/mol. The van der Waals surface area contributed by atoms with Crippen molar-refractivity contribution in [3.05, 3.63) is 11.3 Å². The summed E-state index contributed by atoms with van der Waals surface area (Å²) in [5.74, 6) is 0.628. The van der Waals surface area contributed by atoms with Gasteiger partial charge >= 0.3 is 0 Å². The zero-order valence-electron chi connectivity index (χ0n) is 8.80. The first kappa shape index (κ1) is 10.6. The van der Waals surface area contributed by atoms with Crippen LogP contribution in [0.15, 0.2) is 16.3 Å². The van der Waals surface area contributed by atoms with E-state index < -0.39 is 0 Å². The molecule has 3 N–H and O–H groups in total. The van der Waals surface area contributed by atoms with Gasteiger partial charge < -0.3 is 11.1 Å². The summed E-state index contributed by atoms with van der Waals surface area (Å²) in [6.07, 6.45) is 8.16. The quantitative estimate of drug-likeness (QED) is 0.300. The predicted octanol–water partition coefficient (Wildman–Crippen LogP) is 1.37. The fourth-order valence-electron chi connectivity index (χ4n) is 1.72. The molecule has 0 heterocycles. The number of terminal acetylenes is 1. The van der Waals surface area contributed by atoms with Crippen molar-refractivity contribution in [1.29, 1.82) is 0 Å². The number of hydrogen-bond acceptors (Lipinski definition) is 2. The SMILES string of the molecule is C#CNC1CCC(N=C(C)N)=C(C)C1. The summed E-state index contributed by atoms with van der Waals surface area (Å²) in [7, 11) is 0. The lowest BCUT2D eigenvalue weighted by Crippen LogP contribution is -2.27. The first-order chi connectivity index (χ1) is 6.63. The van der Waals surface area contributed by atoms with Gasteiger partial charge in [-0.1, -0.05) is 6.42 Å². The highest BCUT2D eigenvalue weighted by atomic mass is 14.9. The van der Waals surface area contributed by atoms with E-state index in [1.165, 1.54) is 5.57 Å². The number of nitrogens with one attached hydrogen (secondary N) is 1. The number of nitrogens with zero attached hydrogens (tertiary/aromatic N) is 1. The van der Waals surface area contributed by atoms with Crippen molar-refractivity contribution in [2.24, 2.45) is 10.7 Å². The van der Waals surface area contributed by atoms with E-state index in [0.29, 0.717) is 11.9 Å². The number of rotatable bonds is 2. The van der Waals surface area contributed by atoms with Crippen LogP contribution in [0.3, 0.4) is 0 Å². The summed E-state index contributed by atoms with van der Waals surface area (Å²) < 4.78 is 0. The fourth-order valence-corrected chi connectivity index (χ4v) is 1.72. The Morgan fingerprint density at radius 3 is 2.93 bits per heavy atom. The summed E-state index contributed by atoms with van der Waals surface area (Å²) in [6.45, 7) is 3.90. The zero-order valence-corrected chi connectivity index (χ0v) is 8.80. The largest absolute Gasteiger partial charge is 0.387 e. The fraction of sp³-hybridized carbons (Fsp3) is 0.545. The molecule has 1 aliphatic rings. The highest BCUT2D eigenvalue weighted by molar-refractivity contribution is 5.78. The van der Waals surface area contributed by atoms with Gasteiger partial charge in [-0.2, -0.15) is 0 Å². The lowest BCUT2D eigenvalue weighted by molar-refractivity contribution is 0.515. The van der Waals surface area contributed by atoms with Gasteiger partial charge in [-0.3, -0.25) is 0 Å². The Morgan fingerprint density at radius 2 is 2.43 bits per heavy atom. The molecule has 1 atom stereocenters. The van der Waals surface area contributed by atoms with E-state index in [0.717, 1.165) is 25.0 Å². The molecule has 0 radical (unpaired) electrons. The number of amidine groups is 1. The highest BCUT2D eigenvalue weighted by Crippen LogP contribution is 2.25. The lowest BCUT2D eigenvalue weighted by Gasteiger charge is -2.23. The third-order valence-electron chi connectivity index (χ3n) is 2.37. The Hall–Kier alpha value is -1.43. The summed E-state index contributed by atoms with van der Waals surface area (Å²) in [5.41, 5.74) is 7.96. The first-order valence-corrected chi connectivity index (χ1v) is 4.84. The molecule has 0 saturated carbocycles. The molecule has 0 spiro atoms. The van der Waals surface area contributed by atoms with Crippen molar-refractivity contribution in [3.63, 3.8) is 0 Å². The summed E-state index contributed by atoms with van der Waals surface area (Å²) >= 11 is 0. The van der Waals surface area contributed by atoms with Crippen LogP contribution in [0, 0.1) is 12.5 Å². The molecule has 3 nitrogen and oxygen atoms in total. The van der Waals surface area contributed by atoms with E-state index in [9.17, 15) is 0 Å². The van der Waals surface area contributed by atoms with E-state index >= 15 is 0 Å². The smallest absolute Gasteiger partial charge is 0.0960 e. The molecule has 76 valence electrons. The van der Waals surface area contributed by atoms with Gasteiger partial charge in [-0.05, 0) is 38.7 Å². The summed E-state index contributed by atoms with van der Waals surface area (Å²) in [5, 5.41) is 3.00. The van der Waals surface area contributed by atoms with Crippen molar-refractivity contribution in [3.8, 4) is 12.5 Å². The average molecular weight is 191 g/mol. The van der Waals surface area contributed by atoms with Crippen LogP contribution in [0.1, 0.15) is 33.1 Å². The maximum Gasteiger partial charge on any atom is 0.0960 e. The highest BCUT2D eigenvalue weighted by Gasteiger charge is 2.17. The molecule has 0 aromatic rings. The van der Waals surface area contributed by atoms with Gasteiger partial charge in [0.15, 0.2) is 0 Å². The van der Waals surface area contributed by atoms with Gasteiger partial charge in [-0.25, -0.2) is 4.99 Å². The van der Waals surface area contributed by atoms with Crippen LogP contribution >= 0.6 is 0 Å². The Bertz CT molecular complexity index is 303. The predicted molar refractivity (Wildman–Crippen MR) is 59.6 cm³/mol. The minimum absolute atomic E-state index is 0.400. The Labute approximate surface area is 85.5 Å². The van der Waals surface area contributed by atoms with Gasteiger partial charge in [-0.15, -0.1) is 0 Å². The van der Waals surface area contributed by atoms with Crippen LogP contribution in [-0.4, -0.2) is 11.9 Å². The molecule has 14 heavy (non-hydrogen) atoms. The maximum absolute atomic E-state index is 5.55. The second-order valence-electron chi connectivity index (χ2n) is 3.71. The molecule has 1 rings (SSSR count). The van der Waals surface area contributed by atoms with Crippen LogP contribution in [-0.2, 0) is 0 Å². The van der Waals surface area contributed by atoms with Crippen LogP contribution in [0.25, 0.3) is 0 Å². The van der Waals surface area contributed by atoms with Crippen molar-refractivity contribution in [1.82, 2.24) is 5.32 Å². The molecule has 0 aliphatic heterocycles. The molecule has 1 unspecified atom stereocenters. The van der Waals surface area contributed by atoms with Crippen LogP contribution in [0.4, 0.5) is 0 Å². The van der Waals surface area contributed by atoms with E-state index in [-0.39, 0.29) is 0 Å². The van der Waals surface area contributed by atoms with Gasteiger partial charge in [0.25, 0.3) is 0 Å². The molecule has 0 fully saturated rings. The lowest BCUT2D eigenvalue weighted by atomic mass is 9.93. The number of hydrogen-bond donors (Lipinski definition) is 2. The third kappa shape index (κ3) is 2.81. The normalized spacial score (nSPS) is 23.2. The number of nitrogens with two attached hydrogens (primary N) is 1. The van der Waals surface area contributed by atoms with Gasteiger partial charge in [0.05, 0.1) is 5.84 Å². The van der Waals surface area contributed by atoms with Crippen molar-refractivity contribution in [2.45, 2.75) is 39.2 Å². The Kier molecular flexibility index (Phi) is 3.58. The van der Waals surface area contributed by atoms with E-state index in [4.69, 9.17) is 12.2 Å². The third-order valence-corrected chi connectivity index (χ3v) is 2.37. The van der Waals surface area contributed by atoms with Crippen LogP contribution in [0.2, 0.25) is 0 Å². The molecule has 0 amide bonds. The van der Waals surface area contributed by atoms with Gasteiger partial charge in [0.2, 0.25) is 0 Å². The topological polar surface area (TPSA) is 50.4 Å². The maximum atomic E-state index is 5.55. The van der Waals surface area contributed by atoms with Crippen LogP contribution in [0.5, 0.6) is 0 Å². The molecule has 1 aliphatic carbocycles. The summed E-state index contributed by atoms with van der Waals surface area (Å²) in [6, 6.07) is 2.88. The van der Waals surface area contributed by atoms with E-state index in [1.54, 1.807) is 0 Å². The molecular formula is C11H17N3. The average Bonchev–Trinajstić information content (AvgIpc) is 2.10. The van der Waals surface area contributed by atoms with Crippen molar-refractivity contribution < 1.29 is 0 Å². The number of allylic oxidation sites excluding steroid dienone is 1. The first-order valence-electron chi connectivity index (χ1n) is 4.84. The van der Waals surface area contributed by atoms with E-state index in [2.05, 4.69) is 23.3 Å². The Morgan fingerprint density at radius 1 is 1.71 bits per heavy atom. The Balaban J connectivity index is 2.68. The minimum Gasteiger partial charge on any atom is -0.387 e. The second-order valence-corrected chi connectivity index (χ2v) is 3.71. The minimum atomic E-state index is 0.400. The van der Waals surface area contributed by atoms with Gasteiger partial charge in [0.1, 0.15) is 0 Å². The molecule has 0 aromatic carbocycles. The standard InChI is InChI=1S/C11H17N3/c1-4-13-10-5-6-11(8(2)7-10)14-9(3)12/h1,10,13H,5-7H2,2-3H3,(H2,12,14). The molecule has 0 aromatic heterocycles. The van der Waals surface area contributed by atoms with E-state index in [1.807, 2.05) is 6.92 Å². The summed E-state index contributed by atoms with van der Waals surface area (Å²) in [4.78, 5) is 4.31. The molecule has 3 heteroatoms. The van der Waals surface area contributed by atoms with Crippen molar-refractivity contribution in [2.75, 3.05) is 0 Å².